The minimum atomic E-state index is -0.835. The number of hydrogen-bond donors (Lipinski definition) is 2. The molecule has 1 saturated carbocycles. The van der Waals surface area contributed by atoms with Crippen LogP contribution in [0.2, 0.25) is 0 Å². The van der Waals surface area contributed by atoms with Crippen molar-refractivity contribution in [1.29, 1.82) is 0 Å². The number of carboxylic acid groups (broad SMARTS) is 1. The fourth-order valence-electron chi connectivity index (χ4n) is 2.64. The number of carbonyl (C=O) groups is 2. The summed E-state index contributed by atoms with van der Waals surface area (Å²) in [7, 11) is 0. The maximum Gasteiger partial charge on any atom is 0.307 e. The minimum Gasteiger partial charge on any atom is -0.481 e. The summed E-state index contributed by atoms with van der Waals surface area (Å²) in [5.41, 5.74) is 0. The molecule has 1 amide bonds. The van der Waals surface area contributed by atoms with Gasteiger partial charge in [0, 0.05) is 11.4 Å². The van der Waals surface area contributed by atoms with E-state index in [1.807, 2.05) is 17.5 Å². The van der Waals surface area contributed by atoms with Crippen LogP contribution in [0.3, 0.4) is 0 Å². The van der Waals surface area contributed by atoms with Gasteiger partial charge in [-0.05, 0) is 30.7 Å². The second-order valence-corrected chi connectivity index (χ2v) is 5.99. The van der Waals surface area contributed by atoms with Gasteiger partial charge in [-0.25, -0.2) is 0 Å². The third-order valence-corrected chi connectivity index (χ3v) is 4.61. The Labute approximate surface area is 116 Å². The summed E-state index contributed by atoms with van der Waals surface area (Å²) in [6.07, 6.45) is 4.00. The van der Waals surface area contributed by atoms with Crippen molar-refractivity contribution in [2.45, 2.75) is 32.1 Å². The Morgan fingerprint density at radius 1 is 1.32 bits per heavy atom. The first-order valence-corrected chi connectivity index (χ1v) is 7.59. The number of carbonyl (C=O) groups excluding carboxylic acids is 1. The van der Waals surface area contributed by atoms with E-state index in [9.17, 15) is 9.59 Å². The lowest BCUT2D eigenvalue weighted by Gasteiger charge is -2.27. The predicted molar refractivity (Wildman–Crippen MR) is 74.1 cm³/mol. The van der Waals surface area contributed by atoms with Gasteiger partial charge in [0.2, 0.25) is 5.91 Å². The molecule has 104 valence electrons. The summed E-state index contributed by atoms with van der Waals surface area (Å²) >= 11 is 1.67. The fourth-order valence-corrected chi connectivity index (χ4v) is 3.34. The number of nitrogens with one attached hydrogen (secondary N) is 1. The zero-order valence-electron chi connectivity index (χ0n) is 10.8. The van der Waals surface area contributed by atoms with Crippen LogP contribution in [0, 0.1) is 11.8 Å². The van der Waals surface area contributed by atoms with Crippen molar-refractivity contribution in [2.24, 2.45) is 11.8 Å². The Hall–Kier alpha value is -1.36. The SMILES string of the molecule is O=C(O)[C@H]1CCCC[C@H]1C(=O)NCCc1cccs1. The fraction of sp³-hybridized carbons (Fsp3) is 0.571. The molecule has 19 heavy (non-hydrogen) atoms. The van der Waals surface area contributed by atoms with E-state index in [0.717, 1.165) is 19.3 Å². The van der Waals surface area contributed by atoms with E-state index in [1.54, 1.807) is 11.3 Å². The number of hydrogen-bond acceptors (Lipinski definition) is 3. The van der Waals surface area contributed by atoms with Crippen LogP contribution in [0.5, 0.6) is 0 Å². The first-order valence-electron chi connectivity index (χ1n) is 6.71. The van der Waals surface area contributed by atoms with Crippen LogP contribution in [-0.4, -0.2) is 23.5 Å². The van der Waals surface area contributed by atoms with Crippen molar-refractivity contribution >= 4 is 23.2 Å². The van der Waals surface area contributed by atoms with Crippen LogP contribution >= 0.6 is 11.3 Å². The topological polar surface area (TPSA) is 66.4 Å². The van der Waals surface area contributed by atoms with E-state index in [4.69, 9.17) is 5.11 Å². The molecule has 2 atom stereocenters. The molecule has 0 aliphatic heterocycles. The van der Waals surface area contributed by atoms with Gasteiger partial charge in [0.1, 0.15) is 0 Å². The Balaban J connectivity index is 1.82. The van der Waals surface area contributed by atoms with Crippen molar-refractivity contribution in [3.8, 4) is 0 Å². The maximum absolute atomic E-state index is 12.1. The molecule has 1 aliphatic rings. The van der Waals surface area contributed by atoms with Crippen molar-refractivity contribution in [1.82, 2.24) is 5.32 Å². The Morgan fingerprint density at radius 2 is 2.05 bits per heavy atom. The standard InChI is InChI=1S/C14H19NO3S/c16-13(15-8-7-10-4-3-9-19-10)11-5-1-2-6-12(11)14(17)18/h3-4,9,11-12H,1-2,5-8H2,(H,15,16)(H,17,18)/t11-,12+/m1/s1. The largest absolute Gasteiger partial charge is 0.481 e. The molecule has 0 unspecified atom stereocenters. The zero-order valence-corrected chi connectivity index (χ0v) is 11.6. The number of thiophene rings is 1. The molecule has 1 aliphatic carbocycles. The van der Waals surface area contributed by atoms with Crippen LogP contribution in [0.4, 0.5) is 0 Å². The highest BCUT2D eigenvalue weighted by Crippen LogP contribution is 2.30. The highest BCUT2D eigenvalue weighted by Gasteiger charge is 2.35. The average Bonchev–Trinajstić information content (AvgIpc) is 2.91. The summed E-state index contributed by atoms with van der Waals surface area (Å²) < 4.78 is 0. The summed E-state index contributed by atoms with van der Waals surface area (Å²) in [6, 6.07) is 4.03. The van der Waals surface area contributed by atoms with Crippen LogP contribution in [-0.2, 0) is 16.0 Å². The molecule has 1 fully saturated rings. The molecule has 0 radical (unpaired) electrons. The normalized spacial score (nSPS) is 22.9. The van der Waals surface area contributed by atoms with E-state index >= 15 is 0 Å². The highest BCUT2D eigenvalue weighted by atomic mass is 32.1. The first-order chi connectivity index (χ1) is 9.18. The molecule has 1 aromatic rings. The molecule has 0 aromatic carbocycles. The maximum atomic E-state index is 12.1. The summed E-state index contributed by atoms with van der Waals surface area (Å²) in [5.74, 6) is -1.79. The van der Waals surface area contributed by atoms with Gasteiger partial charge in [-0.1, -0.05) is 18.9 Å². The molecular formula is C14H19NO3S. The Kier molecular flexibility index (Phi) is 4.96. The Morgan fingerprint density at radius 3 is 2.68 bits per heavy atom. The summed E-state index contributed by atoms with van der Waals surface area (Å²) in [4.78, 5) is 24.5. The Bertz CT molecular complexity index is 430. The van der Waals surface area contributed by atoms with Crippen molar-refractivity contribution in [3.05, 3.63) is 22.4 Å². The van der Waals surface area contributed by atoms with Crippen LogP contribution in [0.1, 0.15) is 30.6 Å². The summed E-state index contributed by atoms with van der Waals surface area (Å²) in [5, 5.41) is 14.0. The van der Waals surface area contributed by atoms with E-state index < -0.39 is 11.9 Å². The van der Waals surface area contributed by atoms with Gasteiger partial charge in [0.25, 0.3) is 0 Å². The lowest BCUT2D eigenvalue weighted by molar-refractivity contribution is -0.148. The van der Waals surface area contributed by atoms with Gasteiger partial charge < -0.3 is 10.4 Å². The van der Waals surface area contributed by atoms with Gasteiger partial charge in [0.15, 0.2) is 0 Å². The monoisotopic (exact) mass is 281 g/mol. The predicted octanol–water partition coefficient (Wildman–Crippen LogP) is 2.30. The molecule has 5 heteroatoms. The molecule has 0 spiro atoms. The number of amides is 1. The number of carboxylic acids is 1. The zero-order chi connectivity index (χ0) is 13.7. The van der Waals surface area contributed by atoms with Crippen LogP contribution < -0.4 is 5.32 Å². The highest BCUT2D eigenvalue weighted by molar-refractivity contribution is 7.09. The third kappa shape index (κ3) is 3.80. The van der Waals surface area contributed by atoms with Crippen molar-refractivity contribution in [2.75, 3.05) is 6.54 Å². The van der Waals surface area contributed by atoms with Gasteiger partial charge in [-0.15, -0.1) is 11.3 Å². The average molecular weight is 281 g/mol. The molecule has 4 nitrogen and oxygen atoms in total. The van der Waals surface area contributed by atoms with Crippen molar-refractivity contribution < 1.29 is 14.7 Å². The van der Waals surface area contributed by atoms with Crippen LogP contribution in [0.25, 0.3) is 0 Å². The number of rotatable bonds is 5. The van der Waals surface area contributed by atoms with E-state index in [1.165, 1.54) is 4.88 Å². The molecule has 1 aromatic heterocycles. The molecule has 2 rings (SSSR count). The number of aliphatic carboxylic acids is 1. The van der Waals surface area contributed by atoms with E-state index in [-0.39, 0.29) is 11.8 Å². The van der Waals surface area contributed by atoms with Crippen molar-refractivity contribution in [3.63, 3.8) is 0 Å². The lowest BCUT2D eigenvalue weighted by atomic mass is 9.78. The molecule has 2 N–H and O–H groups in total. The molecule has 1 heterocycles. The minimum absolute atomic E-state index is 0.0938. The van der Waals surface area contributed by atoms with Gasteiger partial charge >= 0.3 is 5.97 Å². The first kappa shape index (κ1) is 14.1. The summed E-state index contributed by atoms with van der Waals surface area (Å²) in [6.45, 7) is 0.586. The second kappa shape index (κ2) is 6.70. The van der Waals surface area contributed by atoms with Gasteiger partial charge in [0.05, 0.1) is 11.8 Å². The van der Waals surface area contributed by atoms with Crippen LogP contribution in [0.15, 0.2) is 17.5 Å². The molecular weight excluding hydrogens is 262 g/mol. The van der Waals surface area contributed by atoms with Gasteiger partial charge in [-0.2, -0.15) is 0 Å². The molecule has 0 saturated heterocycles. The lowest BCUT2D eigenvalue weighted by Crippen LogP contribution is -2.40. The third-order valence-electron chi connectivity index (χ3n) is 3.67. The van der Waals surface area contributed by atoms with E-state index in [0.29, 0.717) is 19.4 Å². The van der Waals surface area contributed by atoms with Gasteiger partial charge in [-0.3, -0.25) is 9.59 Å². The van der Waals surface area contributed by atoms with E-state index in [2.05, 4.69) is 5.32 Å². The smallest absolute Gasteiger partial charge is 0.307 e. The second-order valence-electron chi connectivity index (χ2n) is 4.96. The quantitative estimate of drug-likeness (QED) is 0.870. The molecule has 0 bridgehead atoms.